The van der Waals surface area contributed by atoms with Crippen LogP contribution in [0, 0.1) is 0 Å². The Morgan fingerprint density at radius 1 is 1.13 bits per heavy atom. The number of carbonyl (C=O) groups excluding carboxylic acids is 4. The molecule has 0 atom stereocenters. The number of furan rings is 1. The van der Waals surface area contributed by atoms with Gasteiger partial charge in [0.2, 0.25) is 5.91 Å². The summed E-state index contributed by atoms with van der Waals surface area (Å²) in [7, 11) is 0. The second-order valence-electron chi connectivity index (χ2n) is 5.29. The lowest BCUT2D eigenvalue weighted by atomic mass is 10.2. The fourth-order valence-electron chi connectivity index (χ4n) is 2.57. The van der Waals surface area contributed by atoms with E-state index in [1.54, 1.807) is 21.9 Å². The molecule has 3 rings (SSSR count). The maximum atomic E-state index is 12.2. The van der Waals surface area contributed by atoms with Crippen LogP contribution in [0.2, 0.25) is 0 Å². The molecule has 3 heterocycles. The normalized spacial score (nSPS) is 18.3. The van der Waals surface area contributed by atoms with Crippen molar-refractivity contribution in [2.75, 3.05) is 39.3 Å². The van der Waals surface area contributed by atoms with Gasteiger partial charge in [0, 0.05) is 26.2 Å². The molecule has 0 radical (unpaired) electrons. The zero-order chi connectivity index (χ0) is 16.4. The number of hydrogen-bond acceptors (Lipinski definition) is 5. The van der Waals surface area contributed by atoms with Crippen LogP contribution in [0.1, 0.15) is 10.6 Å². The van der Waals surface area contributed by atoms with E-state index < -0.39 is 11.9 Å². The number of rotatable bonds is 3. The highest BCUT2D eigenvalue weighted by Crippen LogP contribution is 2.10. The van der Waals surface area contributed by atoms with E-state index in [1.807, 2.05) is 0 Å². The van der Waals surface area contributed by atoms with Gasteiger partial charge in [-0.1, -0.05) is 0 Å². The summed E-state index contributed by atoms with van der Waals surface area (Å²) in [4.78, 5) is 51.3. The predicted molar refractivity (Wildman–Crippen MR) is 76.3 cm³/mol. The summed E-state index contributed by atoms with van der Waals surface area (Å²) in [5, 5.41) is 2.37. The minimum absolute atomic E-state index is 0.0719. The summed E-state index contributed by atoms with van der Waals surface area (Å²) in [6, 6.07) is 2.69. The third-order valence-electron chi connectivity index (χ3n) is 3.88. The first-order chi connectivity index (χ1) is 11.1. The molecule has 5 amide bonds. The molecule has 0 aliphatic carbocycles. The largest absolute Gasteiger partial charge is 0.459 e. The number of hydrogen-bond donors (Lipinski definition) is 1. The fraction of sp³-hybridized carbons (Fsp3) is 0.429. The molecule has 1 aromatic heterocycles. The Hall–Kier alpha value is -2.84. The van der Waals surface area contributed by atoms with Crippen molar-refractivity contribution in [3.63, 3.8) is 0 Å². The Balaban J connectivity index is 1.52. The standard InChI is InChI=1S/C14H16N4O5/c19-11-8-15-14(22)18(11)9-12(20)16-3-5-17(6-4-16)13(21)10-2-1-7-23-10/h1-2,7H,3-6,8-9H2,(H,15,22). The van der Waals surface area contributed by atoms with Crippen molar-refractivity contribution in [1.29, 1.82) is 0 Å². The highest BCUT2D eigenvalue weighted by atomic mass is 16.3. The third-order valence-corrected chi connectivity index (χ3v) is 3.88. The van der Waals surface area contributed by atoms with E-state index >= 15 is 0 Å². The summed E-state index contributed by atoms with van der Waals surface area (Å²) in [5.41, 5.74) is 0. The lowest BCUT2D eigenvalue weighted by Gasteiger charge is -2.34. The average molecular weight is 320 g/mol. The first kappa shape index (κ1) is 15.1. The van der Waals surface area contributed by atoms with Crippen molar-refractivity contribution in [3.8, 4) is 0 Å². The molecule has 2 aliphatic rings. The van der Waals surface area contributed by atoms with Gasteiger partial charge in [-0.3, -0.25) is 19.3 Å². The van der Waals surface area contributed by atoms with E-state index in [4.69, 9.17) is 4.42 Å². The summed E-state index contributed by atoms with van der Waals surface area (Å²) in [6.45, 7) is 1.13. The molecule has 0 spiro atoms. The summed E-state index contributed by atoms with van der Waals surface area (Å²) in [5.74, 6) is -0.657. The Kier molecular flexibility index (Phi) is 4.00. The van der Waals surface area contributed by atoms with Crippen LogP contribution in [0.15, 0.2) is 22.8 Å². The van der Waals surface area contributed by atoms with E-state index in [9.17, 15) is 19.2 Å². The topological polar surface area (TPSA) is 103 Å². The SMILES string of the molecule is O=C(CN1C(=O)CNC1=O)N1CCN(C(=O)c2ccco2)CC1. The highest BCUT2D eigenvalue weighted by Gasteiger charge is 2.33. The van der Waals surface area contributed by atoms with Crippen molar-refractivity contribution in [2.45, 2.75) is 0 Å². The molecule has 0 aromatic carbocycles. The Labute approximate surface area is 131 Å². The van der Waals surface area contributed by atoms with Crippen LogP contribution >= 0.6 is 0 Å². The van der Waals surface area contributed by atoms with Crippen LogP contribution in [0.25, 0.3) is 0 Å². The minimum atomic E-state index is -0.546. The lowest BCUT2D eigenvalue weighted by molar-refractivity contribution is -0.137. The van der Waals surface area contributed by atoms with Crippen molar-refractivity contribution in [3.05, 3.63) is 24.2 Å². The first-order valence-electron chi connectivity index (χ1n) is 7.25. The van der Waals surface area contributed by atoms with Gasteiger partial charge in [0.25, 0.3) is 11.8 Å². The van der Waals surface area contributed by atoms with Crippen LogP contribution in [-0.2, 0) is 9.59 Å². The number of piperazine rings is 1. The maximum absolute atomic E-state index is 12.2. The molecule has 23 heavy (non-hydrogen) atoms. The van der Waals surface area contributed by atoms with Gasteiger partial charge in [0.1, 0.15) is 6.54 Å². The van der Waals surface area contributed by atoms with Gasteiger partial charge in [-0.25, -0.2) is 4.79 Å². The number of amides is 5. The number of imide groups is 1. The summed E-state index contributed by atoms with van der Waals surface area (Å²) in [6.07, 6.45) is 1.44. The van der Waals surface area contributed by atoms with Crippen molar-refractivity contribution in [2.24, 2.45) is 0 Å². The molecule has 1 N–H and O–H groups in total. The first-order valence-corrected chi connectivity index (χ1v) is 7.25. The molecular weight excluding hydrogens is 304 g/mol. The second kappa shape index (κ2) is 6.11. The Bertz CT molecular complexity index is 618. The quantitative estimate of drug-likeness (QED) is 0.728. The molecular formula is C14H16N4O5. The highest BCUT2D eigenvalue weighted by molar-refractivity contribution is 6.04. The maximum Gasteiger partial charge on any atom is 0.325 e. The third kappa shape index (κ3) is 3.03. The summed E-state index contributed by atoms with van der Waals surface area (Å²) < 4.78 is 5.07. The predicted octanol–water partition coefficient (Wildman–Crippen LogP) is -0.884. The van der Waals surface area contributed by atoms with E-state index in [2.05, 4.69) is 5.32 Å². The number of nitrogens with one attached hydrogen (secondary N) is 1. The van der Waals surface area contributed by atoms with Gasteiger partial charge < -0.3 is 19.5 Å². The van der Waals surface area contributed by atoms with Gasteiger partial charge in [0.15, 0.2) is 5.76 Å². The van der Waals surface area contributed by atoms with E-state index in [-0.39, 0.29) is 30.7 Å². The van der Waals surface area contributed by atoms with Crippen molar-refractivity contribution in [1.82, 2.24) is 20.0 Å². The fourth-order valence-corrected chi connectivity index (χ4v) is 2.57. The van der Waals surface area contributed by atoms with Crippen molar-refractivity contribution >= 4 is 23.8 Å². The Morgan fingerprint density at radius 2 is 1.83 bits per heavy atom. The molecule has 0 saturated carbocycles. The van der Waals surface area contributed by atoms with Gasteiger partial charge >= 0.3 is 6.03 Å². The lowest BCUT2D eigenvalue weighted by Crippen LogP contribution is -2.53. The van der Waals surface area contributed by atoms with Crippen LogP contribution < -0.4 is 5.32 Å². The van der Waals surface area contributed by atoms with Crippen molar-refractivity contribution < 1.29 is 23.6 Å². The molecule has 0 bridgehead atoms. The Morgan fingerprint density at radius 3 is 2.39 bits per heavy atom. The number of nitrogens with zero attached hydrogens (tertiary/aromatic N) is 3. The monoisotopic (exact) mass is 320 g/mol. The average Bonchev–Trinajstić information content (AvgIpc) is 3.20. The smallest absolute Gasteiger partial charge is 0.325 e. The number of carbonyl (C=O) groups is 4. The van der Waals surface area contributed by atoms with Crippen LogP contribution in [0.5, 0.6) is 0 Å². The molecule has 1 aromatic rings. The molecule has 2 aliphatic heterocycles. The second-order valence-corrected chi connectivity index (χ2v) is 5.29. The zero-order valence-electron chi connectivity index (χ0n) is 12.4. The molecule has 0 unspecified atom stereocenters. The van der Waals surface area contributed by atoms with Gasteiger partial charge in [0.05, 0.1) is 12.8 Å². The zero-order valence-corrected chi connectivity index (χ0v) is 12.4. The molecule has 2 fully saturated rings. The molecule has 9 heteroatoms. The molecule has 9 nitrogen and oxygen atoms in total. The van der Waals surface area contributed by atoms with Crippen LogP contribution in [0.4, 0.5) is 4.79 Å². The minimum Gasteiger partial charge on any atom is -0.459 e. The van der Waals surface area contributed by atoms with Gasteiger partial charge in [-0.15, -0.1) is 0 Å². The number of urea groups is 1. The van der Waals surface area contributed by atoms with Gasteiger partial charge in [-0.2, -0.15) is 0 Å². The van der Waals surface area contributed by atoms with Crippen LogP contribution in [0.3, 0.4) is 0 Å². The molecule has 2 saturated heterocycles. The molecule has 122 valence electrons. The van der Waals surface area contributed by atoms with E-state index in [0.29, 0.717) is 26.2 Å². The van der Waals surface area contributed by atoms with E-state index in [0.717, 1.165) is 4.90 Å². The van der Waals surface area contributed by atoms with E-state index in [1.165, 1.54) is 6.26 Å². The van der Waals surface area contributed by atoms with Crippen LogP contribution in [-0.4, -0.2) is 77.7 Å². The summed E-state index contributed by atoms with van der Waals surface area (Å²) >= 11 is 0. The van der Waals surface area contributed by atoms with Gasteiger partial charge in [-0.05, 0) is 12.1 Å².